The average molecular weight is 362 g/mol. The summed E-state index contributed by atoms with van der Waals surface area (Å²) >= 11 is 0. The SMILES string of the molecule is COC(=O)C1C[C@]2(C)[C@H]3CC[C@]4(C)[C@@H](O)CC[C@H]4[C@@H]3CC[C@]23O[C@@H]3C1=O. The Kier molecular flexibility index (Phi) is 3.37. The third-order valence-electron chi connectivity index (χ3n) is 9.43. The van der Waals surface area contributed by atoms with Crippen LogP contribution in [-0.2, 0) is 19.1 Å². The Morgan fingerprint density at radius 2 is 1.92 bits per heavy atom. The van der Waals surface area contributed by atoms with Gasteiger partial charge in [-0.25, -0.2) is 0 Å². The number of methoxy groups -OCH3 is 1. The molecule has 5 heteroatoms. The number of ether oxygens (including phenoxy) is 2. The molecule has 1 heterocycles. The first kappa shape index (κ1) is 17.2. The maximum Gasteiger partial charge on any atom is 0.316 e. The van der Waals surface area contributed by atoms with E-state index in [9.17, 15) is 14.7 Å². The molecule has 4 saturated carbocycles. The Morgan fingerprint density at radius 1 is 1.15 bits per heavy atom. The summed E-state index contributed by atoms with van der Waals surface area (Å²) in [4.78, 5) is 25.0. The number of rotatable bonds is 1. The Labute approximate surface area is 154 Å². The molecule has 0 bridgehead atoms. The summed E-state index contributed by atoms with van der Waals surface area (Å²) in [5, 5.41) is 10.6. The number of hydrogen-bond donors (Lipinski definition) is 1. The molecule has 5 rings (SSSR count). The van der Waals surface area contributed by atoms with Gasteiger partial charge in [-0.15, -0.1) is 0 Å². The van der Waals surface area contributed by atoms with Crippen LogP contribution < -0.4 is 0 Å². The molecule has 0 aromatic rings. The minimum atomic E-state index is -0.674. The summed E-state index contributed by atoms with van der Waals surface area (Å²) in [6.07, 6.45) is 6.07. The third kappa shape index (κ3) is 1.80. The van der Waals surface area contributed by atoms with E-state index in [1.165, 1.54) is 7.11 Å². The van der Waals surface area contributed by atoms with Crippen molar-refractivity contribution in [3.05, 3.63) is 0 Å². The molecule has 0 aromatic heterocycles. The van der Waals surface area contributed by atoms with Gasteiger partial charge in [-0.3, -0.25) is 9.59 Å². The fourth-order valence-electron chi connectivity index (χ4n) is 7.90. The van der Waals surface area contributed by atoms with Crippen LogP contribution >= 0.6 is 0 Å². The van der Waals surface area contributed by atoms with Gasteiger partial charge in [0.15, 0.2) is 5.78 Å². The molecular weight excluding hydrogens is 332 g/mol. The van der Waals surface area contributed by atoms with Gasteiger partial charge in [-0.1, -0.05) is 13.8 Å². The Morgan fingerprint density at radius 3 is 2.65 bits per heavy atom. The van der Waals surface area contributed by atoms with Crippen LogP contribution in [0.5, 0.6) is 0 Å². The lowest BCUT2D eigenvalue weighted by Gasteiger charge is -2.59. The predicted molar refractivity (Wildman–Crippen MR) is 93.1 cm³/mol. The molecule has 4 aliphatic carbocycles. The quantitative estimate of drug-likeness (QED) is 0.441. The molecule has 1 unspecified atom stereocenters. The zero-order valence-corrected chi connectivity index (χ0v) is 16.0. The van der Waals surface area contributed by atoms with E-state index < -0.39 is 18.0 Å². The minimum absolute atomic E-state index is 0.0398. The van der Waals surface area contributed by atoms with Gasteiger partial charge in [0, 0.05) is 5.41 Å². The zero-order chi connectivity index (χ0) is 18.5. The third-order valence-corrected chi connectivity index (χ3v) is 9.43. The number of hydrogen-bond acceptors (Lipinski definition) is 5. The first-order valence-electron chi connectivity index (χ1n) is 10.3. The van der Waals surface area contributed by atoms with Gasteiger partial charge in [0.2, 0.25) is 0 Å². The molecule has 1 saturated heterocycles. The summed E-state index contributed by atoms with van der Waals surface area (Å²) in [6.45, 7) is 4.54. The number of epoxide rings is 1. The fraction of sp³-hybridized carbons (Fsp3) is 0.905. The van der Waals surface area contributed by atoms with Crippen molar-refractivity contribution in [3.63, 3.8) is 0 Å². The Hall–Kier alpha value is -0.940. The van der Waals surface area contributed by atoms with Gasteiger partial charge in [-0.2, -0.15) is 0 Å². The molecule has 0 radical (unpaired) electrons. The lowest BCUT2D eigenvalue weighted by Crippen LogP contribution is -2.60. The highest BCUT2D eigenvalue weighted by Crippen LogP contribution is 2.72. The van der Waals surface area contributed by atoms with Crippen LogP contribution in [0.15, 0.2) is 0 Å². The number of esters is 1. The number of carbonyl (C=O) groups excluding carboxylic acids is 2. The van der Waals surface area contributed by atoms with Gasteiger partial charge in [0.05, 0.1) is 13.2 Å². The molecule has 5 nitrogen and oxygen atoms in total. The van der Waals surface area contributed by atoms with Crippen molar-refractivity contribution in [1.29, 1.82) is 0 Å². The summed E-state index contributed by atoms with van der Waals surface area (Å²) in [5.41, 5.74) is -0.457. The first-order chi connectivity index (χ1) is 12.3. The second kappa shape index (κ2) is 5.11. The largest absolute Gasteiger partial charge is 0.468 e. The molecule has 26 heavy (non-hydrogen) atoms. The van der Waals surface area contributed by atoms with E-state index in [1.54, 1.807) is 0 Å². The van der Waals surface area contributed by atoms with E-state index in [2.05, 4.69) is 13.8 Å². The van der Waals surface area contributed by atoms with Crippen LogP contribution in [0.3, 0.4) is 0 Å². The van der Waals surface area contributed by atoms with Crippen molar-refractivity contribution in [3.8, 4) is 0 Å². The normalized spacial score (nSPS) is 57.5. The lowest BCUT2D eigenvalue weighted by atomic mass is 9.44. The molecule has 5 aliphatic rings. The number of fused-ring (bicyclic) bond motifs is 4. The van der Waals surface area contributed by atoms with Crippen molar-refractivity contribution in [2.75, 3.05) is 7.11 Å². The highest BCUT2D eigenvalue weighted by molar-refractivity contribution is 6.04. The maximum atomic E-state index is 12.7. The van der Waals surface area contributed by atoms with E-state index >= 15 is 0 Å². The van der Waals surface area contributed by atoms with Crippen molar-refractivity contribution in [2.45, 2.75) is 76.6 Å². The standard InChI is InChI=1S/C21H30O5/c1-19-8-7-14-11(13(19)4-5-15(19)22)6-9-21-17(26-21)16(23)12(18(24)25-3)10-20(14,21)2/h11-15,17,22H,4-10H2,1-3H3/t11-,12?,13-,14-,15-,17+,19-,20+,21+/m0/s1. The van der Waals surface area contributed by atoms with Crippen molar-refractivity contribution in [1.82, 2.24) is 0 Å². The number of ketones is 1. The van der Waals surface area contributed by atoms with E-state index in [4.69, 9.17) is 9.47 Å². The van der Waals surface area contributed by atoms with Crippen LogP contribution in [0.25, 0.3) is 0 Å². The average Bonchev–Trinajstić information content (AvgIpc) is 3.29. The number of carbonyl (C=O) groups is 2. The molecule has 0 amide bonds. The second-order valence-corrected chi connectivity index (χ2v) is 10.0. The van der Waals surface area contributed by atoms with Gasteiger partial charge >= 0.3 is 5.97 Å². The number of aliphatic hydroxyl groups is 1. The molecule has 1 N–H and O–H groups in total. The molecule has 0 aromatic carbocycles. The van der Waals surface area contributed by atoms with Crippen LogP contribution in [-0.4, -0.2) is 41.8 Å². The van der Waals surface area contributed by atoms with Gasteiger partial charge < -0.3 is 14.6 Å². The number of Topliss-reactive ketones (excluding diaryl/α,β-unsaturated/α-hetero) is 1. The van der Waals surface area contributed by atoms with Crippen molar-refractivity contribution >= 4 is 11.8 Å². The molecule has 1 aliphatic heterocycles. The predicted octanol–water partition coefficient (Wildman–Crippen LogP) is 2.49. The number of aliphatic hydroxyl groups excluding tert-OH is 1. The van der Waals surface area contributed by atoms with E-state index in [0.717, 1.165) is 38.5 Å². The minimum Gasteiger partial charge on any atom is -0.468 e. The highest BCUT2D eigenvalue weighted by atomic mass is 16.6. The fourth-order valence-corrected chi connectivity index (χ4v) is 7.90. The van der Waals surface area contributed by atoms with Crippen LogP contribution in [0, 0.1) is 34.5 Å². The van der Waals surface area contributed by atoms with Gasteiger partial charge in [0.25, 0.3) is 0 Å². The van der Waals surface area contributed by atoms with E-state index in [-0.39, 0.29) is 28.3 Å². The smallest absolute Gasteiger partial charge is 0.316 e. The zero-order valence-electron chi connectivity index (χ0n) is 16.0. The molecule has 9 atom stereocenters. The second-order valence-electron chi connectivity index (χ2n) is 10.0. The maximum absolute atomic E-state index is 12.7. The Balaban J connectivity index is 1.51. The van der Waals surface area contributed by atoms with Gasteiger partial charge in [-0.05, 0) is 68.1 Å². The summed E-state index contributed by atoms with van der Waals surface area (Å²) in [7, 11) is 1.36. The monoisotopic (exact) mass is 362 g/mol. The van der Waals surface area contributed by atoms with Crippen molar-refractivity contribution in [2.24, 2.45) is 34.5 Å². The van der Waals surface area contributed by atoms with Crippen LogP contribution in [0.4, 0.5) is 0 Å². The summed E-state index contributed by atoms with van der Waals surface area (Å²) < 4.78 is 11.0. The van der Waals surface area contributed by atoms with Crippen LogP contribution in [0.1, 0.15) is 58.8 Å². The molecule has 144 valence electrons. The van der Waals surface area contributed by atoms with Crippen molar-refractivity contribution < 1.29 is 24.2 Å². The highest BCUT2D eigenvalue weighted by Gasteiger charge is 2.78. The Bertz CT molecular complexity index is 675. The van der Waals surface area contributed by atoms with Gasteiger partial charge in [0.1, 0.15) is 17.6 Å². The van der Waals surface area contributed by atoms with E-state index in [1.807, 2.05) is 0 Å². The topological polar surface area (TPSA) is 76.1 Å². The van der Waals surface area contributed by atoms with Crippen LogP contribution in [0.2, 0.25) is 0 Å². The van der Waals surface area contributed by atoms with E-state index in [0.29, 0.717) is 24.2 Å². The first-order valence-corrected chi connectivity index (χ1v) is 10.3. The summed E-state index contributed by atoms with van der Waals surface area (Å²) in [5.74, 6) is 0.440. The molecule has 1 spiro atoms. The molecular formula is C21H30O5. The summed E-state index contributed by atoms with van der Waals surface area (Å²) in [6, 6.07) is 0. The lowest BCUT2D eigenvalue weighted by molar-refractivity contribution is -0.160. The molecule has 5 fully saturated rings.